The lowest BCUT2D eigenvalue weighted by atomic mass is 9.97. The van der Waals surface area contributed by atoms with E-state index in [2.05, 4.69) is 5.32 Å². The number of amides is 4. The molecule has 2 rings (SSSR count). The zero-order valence-electron chi connectivity index (χ0n) is 22.3. The number of carbonyl (C=O) groups is 4. The summed E-state index contributed by atoms with van der Waals surface area (Å²) >= 11 is 0. The maximum atomic E-state index is 13.7. The molecule has 0 spiro atoms. The van der Waals surface area contributed by atoms with Crippen molar-refractivity contribution in [1.29, 1.82) is 0 Å². The lowest BCUT2D eigenvalue weighted by Crippen LogP contribution is -2.59. The van der Waals surface area contributed by atoms with Crippen molar-refractivity contribution in [1.82, 2.24) is 20.0 Å². The maximum Gasteiger partial charge on any atom is 0.246 e. The molecule has 2 aliphatic heterocycles. The van der Waals surface area contributed by atoms with Gasteiger partial charge in [-0.25, -0.2) is 0 Å². The van der Waals surface area contributed by atoms with Crippen LogP contribution in [0.4, 0.5) is 0 Å². The van der Waals surface area contributed by atoms with E-state index in [1.54, 1.807) is 16.8 Å². The molecule has 2 heterocycles. The standard InChI is InChI=1S/C25H45N5O4/c1-15(2)19(26)23(33)28(8)20(16(3)4)24(34)30-14-10-12-18(30)22(32)29-13-9-11-17(29)21(31)27-25(5,6)7/h15-20H,9-14,26H2,1-8H3,(H,27,31)/t17-,18-,19?,20-/m0/s1. The van der Waals surface area contributed by atoms with Crippen molar-refractivity contribution in [2.45, 2.75) is 104 Å². The van der Waals surface area contributed by atoms with Crippen molar-refractivity contribution in [3.05, 3.63) is 0 Å². The van der Waals surface area contributed by atoms with Crippen molar-refractivity contribution in [3.63, 3.8) is 0 Å². The Morgan fingerprint density at radius 3 is 1.94 bits per heavy atom. The molecule has 0 aromatic carbocycles. The molecule has 0 aliphatic carbocycles. The van der Waals surface area contributed by atoms with E-state index in [1.165, 1.54) is 4.90 Å². The van der Waals surface area contributed by atoms with Gasteiger partial charge >= 0.3 is 0 Å². The van der Waals surface area contributed by atoms with Crippen LogP contribution in [0.15, 0.2) is 0 Å². The number of hydrogen-bond acceptors (Lipinski definition) is 5. The van der Waals surface area contributed by atoms with Gasteiger partial charge in [0.25, 0.3) is 0 Å². The summed E-state index contributed by atoms with van der Waals surface area (Å²) in [6, 6.07) is -2.52. The fraction of sp³-hybridized carbons (Fsp3) is 0.840. The van der Waals surface area contributed by atoms with Crippen molar-refractivity contribution in [3.8, 4) is 0 Å². The Balaban J connectivity index is 2.21. The molecule has 2 saturated heterocycles. The average Bonchev–Trinajstić information content (AvgIpc) is 3.40. The van der Waals surface area contributed by atoms with Crippen LogP contribution in [0, 0.1) is 11.8 Å². The number of rotatable bonds is 7. The molecule has 0 saturated carbocycles. The SMILES string of the molecule is CC(C)C(N)C(=O)N(C)[C@H](C(=O)N1CCC[C@H]1C(=O)N1CCC[C@H]1C(=O)NC(C)(C)C)C(C)C. The number of nitrogens with two attached hydrogens (primary N) is 1. The third kappa shape index (κ3) is 6.29. The summed E-state index contributed by atoms with van der Waals surface area (Å²) in [5.41, 5.74) is 5.70. The first kappa shape index (κ1) is 28.1. The Labute approximate surface area is 204 Å². The van der Waals surface area contributed by atoms with E-state index >= 15 is 0 Å². The van der Waals surface area contributed by atoms with Crippen LogP contribution in [0.25, 0.3) is 0 Å². The Bertz CT molecular complexity index is 776. The van der Waals surface area contributed by atoms with E-state index in [0.717, 1.165) is 6.42 Å². The molecule has 4 atom stereocenters. The molecule has 0 aromatic heterocycles. The summed E-state index contributed by atoms with van der Waals surface area (Å²) in [5.74, 6) is -1.02. The maximum absolute atomic E-state index is 13.7. The molecule has 194 valence electrons. The third-order valence-corrected chi connectivity index (χ3v) is 6.81. The van der Waals surface area contributed by atoms with Crippen molar-refractivity contribution in [2.24, 2.45) is 17.6 Å². The lowest BCUT2D eigenvalue weighted by Gasteiger charge is -2.38. The summed E-state index contributed by atoms with van der Waals surface area (Å²) < 4.78 is 0. The van der Waals surface area contributed by atoms with Gasteiger partial charge in [0, 0.05) is 25.7 Å². The van der Waals surface area contributed by atoms with E-state index in [4.69, 9.17) is 5.73 Å². The predicted octanol–water partition coefficient (Wildman–Crippen LogP) is 1.35. The fourth-order valence-corrected chi connectivity index (χ4v) is 4.96. The third-order valence-electron chi connectivity index (χ3n) is 6.81. The van der Waals surface area contributed by atoms with Crippen LogP contribution in [-0.4, -0.2) is 88.2 Å². The molecule has 1 unspecified atom stereocenters. The number of carbonyl (C=O) groups excluding carboxylic acids is 4. The van der Waals surface area contributed by atoms with E-state index < -0.39 is 24.2 Å². The fourth-order valence-electron chi connectivity index (χ4n) is 4.96. The van der Waals surface area contributed by atoms with E-state index in [-0.39, 0.29) is 41.0 Å². The van der Waals surface area contributed by atoms with Gasteiger partial charge < -0.3 is 25.8 Å². The van der Waals surface area contributed by atoms with Gasteiger partial charge in [-0.05, 0) is 58.3 Å². The van der Waals surface area contributed by atoms with E-state index in [1.807, 2.05) is 48.5 Å². The molecular formula is C25H45N5O4. The quantitative estimate of drug-likeness (QED) is 0.572. The Morgan fingerprint density at radius 2 is 1.44 bits per heavy atom. The molecule has 0 radical (unpaired) electrons. The van der Waals surface area contributed by atoms with Crippen LogP contribution in [0.1, 0.15) is 74.1 Å². The summed E-state index contributed by atoms with van der Waals surface area (Å²) in [6.45, 7) is 14.3. The number of likely N-dealkylation sites (N-methyl/N-ethyl adjacent to an activating group) is 1. The van der Waals surface area contributed by atoms with E-state index in [9.17, 15) is 19.2 Å². The van der Waals surface area contributed by atoms with Gasteiger partial charge in [0.15, 0.2) is 0 Å². The first-order valence-corrected chi connectivity index (χ1v) is 12.6. The Kier molecular flexibility index (Phi) is 9.13. The highest BCUT2D eigenvalue weighted by Crippen LogP contribution is 2.27. The molecule has 9 nitrogen and oxygen atoms in total. The van der Waals surface area contributed by atoms with Crippen LogP contribution >= 0.6 is 0 Å². The predicted molar refractivity (Wildman–Crippen MR) is 132 cm³/mol. The molecule has 9 heteroatoms. The molecular weight excluding hydrogens is 434 g/mol. The smallest absolute Gasteiger partial charge is 0.246 e. The van der Waals surface area contributed by atoms with Crippen LogP contribution in [-0.2, 0) is 19.2 Å². The summed E-state index contributed by atoms with van der Waals surface area (Å²) in [4.78, 5) is 57.8. The van der Waals surface area contributed by atoms with Crippen molar-refractivity contribution < 1.29 is 19.2 Å². The monoisotopic (exact) mass is 479 g/mol. The number of nitrogens with one attached hydrogen (secondary N) is 1. The average molecular weight is 480 g/mol. The minimum Gasteiger partial charge on any atom is -0.350 e. The van der Waals surface area contributed by atoms with Gasteiger partial charge in [-0.3, -0.25) is 19.2 Å². The Morgan fingerprint density at radius 1 is 0.912 bits per heavy atom. The van der Waals surface area contributed by atoms with Gasteiger partial charge in [-0.1, -0.05) is 27.7 Å². The minimum atomic E-state index is -0.704. The lowest BCUT2D eigenvalue weighted by molar-refractivity contribution is -0.152. The molecule has 0 bridgehead atoms. The normalized spacial score (nSPS) is 22.8. The van der Waals surface area contributed by atoms with Crippen molar-refractivity contribution >= 4 is 23.6 Å². The molecule has 2 fully saturated rings. The van der Waals surface area contributed by atoms with Crippen LogP contribution in [0.2, 0.25) is 0 Å². The summed E-state index contributed by atoms with van der Waals surface area (Å²) in [6.07, 6.45) is 2.65. The first-order chi connectivity index (χ1) is 15.7. The van der Waals surface area contributed by atoms with Crippen LogP contribution in [0.5, 0.6) is 0 Å². The highest BCUT2D eigenvalue weighted by molar-refractivity contribution is 5.95. The second-order valence-electron chi connectivity index (χ2n) is 11.5. The molecule has 4 amide bonds. The molecule has 3 N–H and O–H groups in total. The van der Waals surface area contributed by atoms with Crippen molar-refractivity contribution in [2.75, 3.05) is 20.1 Å². The zero-order valence-corrected chi connectivity index (χ0v) is 22.3. The number of hydrogen-bond donors (Lipinski definition) is 2. The zero-order chi connectivity index (χ0) is 26.0. The van der Waals surface area contributed by atoms with E-state index in [0.29, 0.717) is 32.4 Å². The van der Waals surface area contributed by atoms with Gasteiger partial charge in [0.2, 0.25) is 23.6 Å². The molecule has 0 aromatic rings. The van der Waals surface area contributed by atoms with Gasteiger partial charge in [-0.2, -0.15) is 0 Å². The van der Waals surface area contributed by atoms with Gasteiger partial charge in [-0.15, -0.1) is 0 Å². The largest absolute Gasteiger partial charge is 0.350 e. The minimum absolute atomic E-state index is 0.0506. The topological polar surface area (TPSA) is 116 Å². The summed E-state index contributed by atoms with van der Waals surface area (Å²) in [7, 11) is 1.62. The molecule has 34 heavy (non-hydrogen) atoms. The highest BCUT2D eigenvalue weighted by Gasteiger charge is 2.45. The first-order valence-electron chi connectivity index (χ1n) is 12.6. The molecule has 2 aliphatic rings. The second-order valence-corrected chi connectivity index (χ2v) is 11.5. The van der Waals surface area contributed by atoms with Gasteiger partial charge in [0.1, 0.15) is 18.1 Å². The second kappa shape index (κ2) is 11.1. The Hall–Kier alpha value is -2.16. The highest BCUT2D eigenvalue weighted by atomic mass is 16.2. The summed E-state index contributed by atoms with van der Waals surface area (Å²) in [5, 5.41) is 2.98. The number of nitrogens with zero attached hydrogens (tertiary/aromatic N) is 3. The van der Waals surface area contributed by atoms with Crippen LogP contribution in [0.3, 0.4) is 0 Å². The van der Waals surface area contributed by atoms with Crippen LogP contribution < -0.4 is 11.1 Å². The van der Waals surface area contributed by atoms with Gasteiger partial charge in [0.05, 0.1) is 6.04 Å². The number of likely N-dealkylation sites (tertiary alicyclic amines) is 2.